The van der Waals surface area contributed by atoms with Gasteiger partial charge in [-0.05, 0) is 32.3 Å². The minimum absolute atomic E-state index is 0.438. The number of hydrogen-bond donors (Lipinski definition) is 0. The van der Waals surface area contributed by atoms with Gasteiger partial charge in [-0.1, -0.05) is 0 Å². The van der Waals surface area contributed by atoms with Crippen LogP contribution < -0.4 is 0 Å². The summed E-state index contributed by atoms with van der Waals surface area (Å²) in [5.74, 6) is -1.02. The molecule has 2 nitrogen and oxygen atoms in total. The van der Waals surface area contributed by atoms with Gasteiger partial charge in [-0.25, -0.2) is 4.39 Å². The predicted octanol–water partition coefficient (Wildman–Crippen LogP) is 1.87. The molecule has 68 valence electrons. The number of carbonyl (C=O) groups is 1. The standard InChI is InChI=1S/C9H14FNO/c1-7(2)8(10)9(12)11-5-3-4-6-11/h3-6H2,1-2H3. The summed E-state index contributed by atoms with van der Waals surface area (Å²) < 4.78 is 13.1. The van der Waals surface area contributed by atoms with Gasteiger partial charge in [0.2, 0.25) is 0 Å². The Hall–Kier alpha value is -0.860. The molecule has 0 unspecified atom stereocenters. The van der Waals surface area contributed by atoms with Gasteiger partial charge in [0.1, 0.15) is 0 Å². The van der Waals surface area contributed by atoms with E-state index in [0.717, 1.165) is 12.8 Å². The second kappa shape index (κ2) is 3.70. The Labute approximate surface area is 72.1 Å². The molecule has 0 atom stereocenters. The molecule has 1 saturated heterocycles. The first-order valence-corrected chi connectivity index (χ1v) is 4.25. The average Bonchev–Trinajstić information content (AvgIpc) is 2.53. The van der Waals surface area contributed by atoms with Crippen molar-refractivity contribution in [1.29, 1.82) is 0 Å². The second-order valence-electron chi connectivity index (χ2n) is 3.31. The fourth-order valence-electron chi connectivity index (χ4n) is 1.27. The van der Waals surface area contributed by atoms with Gasteiger partial charge in [-0.2, -0.15) is 0 Å². The van der Waals surface area contributed by atoms with Crippen LogP contribution in [0.15, 0.2) is 11.4 Å². The van der Waals surface area contributed by atoms with Gasteiger partial charge < -0.3 is 4.90 Å². The van der Waals surface area contributed by atoms with Gasteiger partial charge in [0.25, 0.3) is 5.91 Å². The lowest BCUT2D eigenvalue weighted by Crippen LogP contribution is -2.28. The number of allylic oxidation sites excluding steroid dienone is 1. The number of halogens is 1. The van der Waals surface area contributed by atoms with E-state index in [1.54, 1.807) is 18.7 Å². The van der Waals surface area contributed by atoms with Crippen molar-refractivity contribution in [2.45, 2.75) is 26.7 Å². The van der Waals surface area contributed by atoms with Gasteiger partial charge in [0.15, 0.2) is 5.83 Å². The Balaban J connectivity index is 2.64. The molecule has 12 heavy (non-hydrogen) atoms. The maximum absolute atomic E-state index is 13.1. The number of carbonyl (C=O) groups excluding carboxylic acids is 1. The lowest BCUT2D eigenvalue weighted by molar-refractivity contribution is -0.127. The van der Waals surface area contributed by atoms with Gasteiger partial charge in [-0.15, -0.1) is 0 Å². The SMILES string of the molecule is CC(C)=C(F)C(=O)N1CCCC1. The molecule has 0 aliphatic carbocycles. The minimum atomic E-state index is -0.586. The zero-order valence-corrected chi connectivity index (χ0v) is 7.56. The van der Waals surface area contributed by atoms with Gasteiger partial charge in [0, 0.05) is 13.1 Å². The molecule has 0 spiro atoms. The highest BCUT2D eigenvalue weighted by Crippen LogP contribution is 2.14. The number of rotatable bonds is 1. The van der Waals surface area contributed by atoms with E-state index in [4.69, 9.17) is 0 Å². The molecule has 0 aromatic heterocycles. The first kappa shape index (κ1) is 9.23. The molecule has 1 rings (SSSR count). The van der Waals surface area contributed by atoms with Crippen LogP contribution in [0.3, 0.4) is 0 Å². The number of nitrogens with zero attached hydrogens (tertiary/aromatic N) is 1. The Morgan fingerprint density at radius 1 is 1.25 bits per heavy atom. The smallest absolute Gasteiger partial charge is 0.282 e. The Morgan fingerprint density at radius 3 is 2.17 bits per heavy atom. The van der Waals surface area contributed by atoms with Crippen molar-refractivity contribution in [3.63, 3.8) is 0 Å². The first-order chi connectivity index (χ1) is 5.63. The summed E-state index contributed by atoms with van der Waals surface area (Å²) >= 11 is 0. The first-order valence-electron chi connectivity index (χ1n) is 4.25. The molecule has 0 saturated carbocycles. The van der Waals surface area contributed by atoms with Crippen molar-refractivity contribution in [2.24, 2.45) is 0 Å². The van der Waals surface area contributed by atoms with Crippen molar-refractivity contribution in [3.05, 3.63) is 11.4 Å². The molecule has 1 aliphatic heterocycles. The van der Waals surface area contributed by atoms with Crippen LogP contribution in [0.2, 0.25) is 0 Å². The molecular formula is C9H14FNO. The largest absolute Gasteiger partial charge is 0.337 e. The Bertz CT molecular complexity index is 213. The lowest BCUT2D eigenvalue weighted by Gasteiger charge is -2.13. The highest BCUT2D eigenvalue weighted by molar-refractivity contribution is 5.91. The summed E-state index contributed by atoms with van der Waals surface area (Å²) in [6.07, 6.45) is 2.00. The molecule has 1 amide bonds. The molecular weight excluding hydrogens is 157 g/mol. The number of amides is 1. The molecule has 0 aromatic carbocycles. The van der Waals surface area contributed by atoms with Gasteiger partial charge >= 0.3 is 0 Å². The van der Waals surface area contributed by atoms with Crippen molar-refractivity contribution in [2.75, 3.05) is 13.1 Å². The molecule has 1 aliphatic rings. The van der Waals surface area contributed by atoms with Crippen LogP contribution in [0.5, 0.6) is 0 Å². The predicted molar refractivity (Wildman–Crippen MR) is 45.3 cm³/mol. The van der Waals surface area contributed by atoms with Crippen LogP contribution in [0.25, 0.3) is 0 Å². The van der Waals surface area contributed by atoms with E-state index in [-0.39, 0.29) is 0 Å². The fourth-order valence-corrected chi connectivity index (χ4v) is 1.27. The molecule has 0 aromatic rings. The number of likely N-dealkylation sites (tertiary alicyclic amines) is 1. The van der Waals surface area contributed by atoms with Crippen LogP contribution in [-0.2, 0) is 4.79 Å². The van der Waals surface area contributed by atoms with Crippen molar-refractivity contribution >= 4 is 5.91 Å². The zero-order valence-electron chi connectivity index (χ0n) is 7.56. The maximum Gasteiger partial charge on any atom is 0.282 e. The van der Waals surface area contributed by atoms with E-state index in [2.05, 4.69) is 0 Å². The molecule has 3 heteroatoms. The highest BCUT2D eigenvalue weighted by atomic mass is 19.1. The topological polar surface area (TPSA) is 20.3 Å². The van der Waals surface area contributed by atoms with E-state index in [0.29, 0.717) is 18.7 Å². The van der Waals surface area contributed by atoms with E-state index in [9.17, 15) is 9.18 Å². The third-order valence-corrected chi connectivity index (χ3v) is 2.02. The highest BCUT2D eigenvalue weighted by Gasteiger charge is 2.21. The van der Waals surface area contributed by atoms with Crippen LogP contribution >= 0.6 is 0 Å². The summed E-state index contributed by atoms with van der Waals surface area (Å²) in [6.45, 7) is 4.64. The Kier molecular flexibility index (Phi) is 2.84. The van der Waals surface area contributed by atoms with Crippen molar-refractivity contribution in [3.8, 4) is 0 Å². The average molecular weight is 171 g/mol. The van der Waals surface area contributed by atoms with Gasteiger partial charge in [-0.3, -0.25) is 4.79 Å². The normalized spacial score (nSPS) is 16.4. The molecule has 0 N–H and O–H groups in total. The maximum atomic E-state index is 13.1. The van der Waals surface area contributed by atoms with E-state index in [1.807, 2.05) is 0 Å². The summed E-state index contributed by atoms with van der Waals surface area (Å²) in [5.41, 5.74) is 0.465. The molecule has 1 fully saturated rings. The fraction of sp³-hybridized carbons (Fsp3) is 0.667. The van der Waals surface area contributed by atoms with Crippen LogP contribution in [0, 0.1) is 0 Å². The second-order valence-corrected chi connectivity index (χ2v) is 3.31. The van der Waals surface area contributed by atoms with Crippen LogP contribution in [0.4, 0.5) is 4.39 Å². The van der Waals surface area contributed by atoms with E-state index >= 15 is 0 Å². The quantitative estimate of drug-likeness (QED) is 0.551. The number of hydrogen-bond acceptors (Lipinski definition) is 1. The summed E-state index contributed by atoms with van der Waals surface area (Å²) in [6, 6.07) is 0. The summed E-state index contributed by atoms with van der Waals surface area (Å²) in [4.78, 5) is 12.9. The van der Waals surface area contributed by atoms with Crippen molar-refractivity contribution < 1.29 is 9.18 Å². The molecule has 0 bridgehead atoms. The van der Waals surface area contributed by atoms with E-state index < -0.39 is 11.7 Å². The molecule has 1 heterocycles. The molecule has 0 radical (unpaired) electrons. The van der Waals surface area contributed by atoms with E-state index in [1.165, 1.54) is 0 Å². The minimum Gasteiger partial charge on any atom is -0.337 e. The lowest BCUT2D eigenvalue weighted by atomic mass is 10.3. The monoisotopic (exact) mass is 171 g/mol. The Morgan fingerprint density at radius 2 is 1.75 bits per heavy atom. The third kappa shape index (κ3) is 1.84. The summed E-state index contributed by atoms with van der Waals surface area (Å²) in [7, 11) is 0. The van der Waals surface area contributed by atoms with Crippen LogP contribution in [-0.4, -0.2) is 23.9 Å². The van der Waals surface area contributed by atoms with Crippen LogP contribution in [0.1, 0.15) is 26.7 Å². The van der Waals surface area contributed by atoms with Gasteiger partial charge in [0.05, 0.1) is 0 Å². The van der Waals surface area contributed by atoms with Crippen molar-refractivity contribution in [1.82, 2.24) is 4.90 Å². The zero-order chi connectivity index (χ0) is 9.14. The summed E-state index contributed by atoms with van der Waals surface area (Å²) in [5, 5.41) is 0. The third-order valence-electron chi connectivity index (χ3n) is 2.02.